The predicted molar refractivity (Wildman–Crippen MR) is 103 cm³/mol. The van der Waals surface area contributed by atoms with Gasteiger partial charge in [-0.25, -0.2) is 9.97 Å². The van der Waals surface area contributed by atoms with Crippen LogP contribution in [0.25, 0.3) is 27.8 Å². The summed E-state index contributed by atoms with van der Waals surface area (Å²) in [4.78, 5) is 8.66. The lowest BCUT2D eigenvalue weighted by molar-refractivity contribution is 0.327. The van der Waals surface area contributed by atoms with Gasteiger partial charge in [-0.1, -0.05) is 42.5 Å². The molecule has 0 fully saturated rings. The van der Waals surface area contributed by atoms with Crippen LogP contribution in [-0.4, -0.2) is 27.7 Å². The molecule has 26 heavy (non-hydrogen) atoms. The van der Waals surface area contributed by atoms with Crippen LogP contribution in [-0.2, 0) is 0 Å². The summed E-state index contributed by atoms with van der Waals surface area (Å²) < 4.78 is 7.80. The Morgan fingerprint density at radius 2 is 1.73 bits per heavy atom. The Labute approximate surface area is 151 Å². The van der Waals surface area contributed by atoms with Crippen molar-refractivity contribution in [1.82, 2.24) is 14.5 Å². The Morgan fingerprint density at radius 1 is 0.962 bits per heavy atom. The van der Waals surface area contributed by atoms with Gasteiger partial charge >= 0.3 is 0 Å². The number of ether oxygens (including phenoxy) is 1. The molecule has 6 nitrogen and oxygen atoms in total. The second kappa shape index (κ2) is 6.85. The molecule has 0 radical (unpaired) electrons. The fourth-order valence-electron chi connectivity index (χ4n) is 3.05. The maximum absolute atomic E-state index is 6.19. The first-order valence-corrected chi connectivity index (χ1v) is 8.39. The van der Waals surface area contributed by atoms with E-state index in [0.29, 0.717) is 19.0 Å². The number of anilines is 1. The van der Waals surface area contributed by atoms with Crippen molar-refractivity contribution in [1.29, 1.82) is 0 Å². The second-order valence-corrected chi connectivity index (χ2v) is 5.84. The molecule has 0 unspecified atom stereocenters. The van der Waals surface area contributed by atoms with Gasteiger partial charge in [0.05, 0.1) is 11.1 Å². The minimum atomic E-state index is 0.443. The molecule has 2 aromatic heterocycles. The van der Waals surface area contributed by atoms with Gasteiger partial charge in [0.15, 0.2) is 5.65 Å². The third kappa shape index (κ3) is 2.76. The van der Waals surface area contributed by atoms with Gasteiger partial charge in [0.2, 0.25) is 0 Å². The quantitative estimate of drug-likeness (QED) is 0.580. The Balaban J connectivity index is 1.97. The molecule has 4 rings (SSSR count). The van der Waals surface area contributed by atoms with Crippen molar-refractivity contribution in [3.05, 3.63) is 67.1 Å². The minimum Gasteiger partial charge on any atom is -0.490 e. The van der Waals surface area contributed by atoms with Gasteiger partial charge in [-0.15, -0.1) is 0 Å². The molecule has 6 heteroatoms. The van der Waals surface area contributed by atoms with Crippen LogP contribution in [0.1, 0.15) is 0 Å². The highest BCUT2D eigenvalue weighted by atomic mass is 16.5. The van der Waals surface area contributed by atoms with E-state index in [1.54, 1.807) is 0 Å². The van der Waals surface area contributed by atoms with Crippen LogP contribution in [0.2, 0.25) is 0 Å². The number of para-hydroxylation sites is 2. The summed E-state index contributed by atoms with van der Waals surface area (Å²) in [5, 5.41) is 0.826. The maximum atomic E-state index is 6.19. The van der Waals surface area contributed by atoms with E-state index < -0.39 is 0 Å². The average molecular weight is 345 g/mol. The van der Waals surface area contributed by atoms with Crippen molar-refractivity contribution in [2.24, 2.45) is 5.73 Å². The van der Waals surface area contributed by atoms with Crippen molar-refractivity contribution in [3.63, 3.8) is 0 Å². The Kier molecular flexibility index (Phi) is 4.25. The second-order valence-electron chi connectivity index (χ2n) is 5.84. The van der Waals surface area contributed by atoms with Crippen LogP contribution >= 0.6 is 0 Å². The molecule has 0 bridgehead atoms. The Hall–Kier alpha value is -3.38. The molecule has 0 aliphatic heterocycles. The molecule has 0 aliphatic rings. The monoisotopic (exact) mass is 345 g/mol. The van der Waals surface area contributed by atoms with E-state index in [-0.39, 0.29) is 0 Å². The zero-order valence-electron chi connectivity index (χ0n) is 14.2. The molecule has 2 aromatic carbocycles. The first kappa shape index (κ1) is 16.1. The maximum Gasteiger partial charge on any atom is 0.150 e. The zero-order chi connectivity index (χ0) is 17.9. The first-order chi connectivity index (χ1) is 12.8. The number of benzene rings is 2. The van der Waals surface area contributed by atoms with Crippen molar-refractivity contribution < 1.29 is 4.74 Å². The van der Waals surface area contributed by atoms with Crippen LogP contribution in [0.5, 0.6) is 5.75 Å². The predicted octanol–water partition coefficient (Wildman–Crippen LogP) is 3.01. The van der Waals surface area contributed by atoms with E-state index in [1.807, 2.05) is 65.4 Å². The molecule has 4 N–H and O–H groups in total. The summed E-state index contributed by atoms with van der Waals surface area (Å²) in [5.74, 6) is 1.19. The normalized spacial score (nSPS) is 11.0. The van der Waals surface area contributed by atoms with Gasteiger partial charge in [0, 0.05) is 18.3 Å². The number of nitrogens with two attached hydrogens (primary N) is 2. The standard InChI is InChI=1S/C20H19N5O/c21-10-11-26-17-9-5-4-8-16(17)25-12-15(14-6-2-1-3-7-14)18-19(22)23-13-24-20(18)25/h1-9,12-13H,10-11,21H2,(H2,22,23,24). The van der Waals surface area contributed by atoms with Gasteiger partial charge in [0.25, 0.3) is 0 Å². The van der Waals surface area contributed by atoms with Crippen LogP contribution in [0, 0.1) is 0 Å². The minimum absolute atomic E-state index is 0.443. The highest BCUT2D eigenvalue weighted by Crippen LogP contribution is 2.36. The lowest BCUT2D eigenvalue weighted by Crippen LogP contribution is -2.11. The summed E-state index contributed by atoms with van der Waals surface area (Å²) in [6.45, 7) is 0.893. The van der Waals surface area contributed by atoms with Crippen molar-refractivity contribution in [2.45, 2.75) is 0 Å². The van der Waals surface area contributed by atoms with Crippen molar-refractivity contribution in [3.8, 4) is 22.6 Å². The lowest BCUT2D eigenvalue weighted by atomic mass is 10.1. The topological polar surface area (TPSA) is 92.0 Å². The Morgan fingerprint density at radius 3 is 2.54 bits per heavy atom. The van der Waals surface area contributed by atoms with Gasteiger partial charge in [0.1, 0.15) is 24.5 Å². The smallest absolute Gasteiger partial charge is 0.150 e. The molecular formula is C20H19N5O. The molecule has 0 atom stereocenters. The van der Waals surface area contributed by atoms with Gasteiger partial charge in [-0.2, -0.15) is 0 Å². The summed E-state index contributed by atoms with van der Waals surface area (Å²) in [6, 6.07) is 17.9. The number of hydrogen-bond acceptors (Lipinski definition) is 5. The van der Waals surface area contributed by atoms with E-state index in [1.165, 1.54) is 6.33 Å². The van der Waals surface area contributed by atoms with Crippen LogP contribution in [0.15, 0.2) is 67.1 Å². The molecule has 0 aliphatic carbocycles. The number of rotatable bonds is 5. The van der Waals surface area contributed by atoms with E-state index in [2.05, 4.69) is 9.97 Å². The van der Waals surface area contributed by atoms with Crippen LogP contribution < -0.4 is 16.2 Å². The summed E-state index contributed by atoms with van der Waals surface area (Å²) in [5.41, 5.74) is 15.4. The third-order valence-corrected chi connectivity index (χ3v) is 4.20. The van der Waals surface area contributed by atoms with Crippen LogP contribution in [0.3, 0.4) is 0 Å². The lowest BCUT2D eigenvalue weighted by Gasteiger charge is -2.12. The zero-order valence-corrected chi connectivity index (χ0v) is 14.2. The average Bonchev–Trinajstić information content (AvgIpc) is 3.08. The van der Waals surface area contributed by atoms with Crippen molar-refractivity contribution >= 4 is 16.9 Å². The fraction of sp³-hybridized carbons (Fsp3) is 0.100. The number of nitrogens with zero attached hydrogens (tertiary/aromatic N) is 3. The molecule has 2 heterocycles. The first-order valence-electron chi connectivity index (χ1n) is 8.39. The molecule has 0 saturated heterocycles. The van der Waals surface area contributed by atoms with Gasteiger partial charge in [-0.05, 0) is 17.7 Å². The molecule has 0 amide bonds. The highest BCUT2D eigenvalue weighted by Gasteiger charge is 2.17. The van der Waals surface area contributed by atoms with E-state index in [0.717, 1.165) is 33.6 Å². The fourth-order valence-corrected chi connectivity index (χ4v) is 3.05. The summed E-state index contributed by atoms with van der Waals surface area (Å²) >= 11 is 0. The summed E-state index contributed by atoms with van der Waals surface area (Å²) in [6.07, 6.45) is 3.50. The number of nitrogen functional groups attached to an aromatic ring is 1. The van der Waals surface area contributed by atoms with Crippen molar-refractivity contribution in [2.75, 3.05) is 18.9 Å². The SMILES string of the molecule is NCCOc1ccccc1-n1cc(-c2ccccc2)c2c(N)ncnc21. The molecule has 4 aromatic rings. The Bertz CT molecular complexity index is 1040. The highest BCUT2D eigenvalue weighted by molar-refractivity contribution is 6.01. The molecule has 130 valence electrons. The third-order valence-electron chi connectivity index (χ3n) is 4.20. The molecular weight excluding hydrogens is 326 g/mol. The van der Waals surface area contributed by atoms with Gasteiger partial charge < -0.3 is 16.2 Å². The summed E-state index contributed by atoms with van der Waals surface area (Å²) in [7, 11) is 0. The van der Waals surface area contributed by atoms with Gasteiger partial charge in [-0.3, -0.25) is 4.57 Å². The van der Waals surface area contributed by atoms with Crippen LogP contribution in [0.4, 0.5) is 5.82 Å². The largest absolute Gasteiger partial charge is 0.490 e. The van der Waals surface area contributed by atoms with E-state index >= 15 is 0 Å². The van der Waals surface area contributed by atoms with E-state index in [9.17, 15) is 0 Å². The molecule has 0 saturated carbocycles. The van der Waals surface area contributed by atoms with E-state index in [4.69, 9.17) is 16.2 Å². The number of fused-ring (bicyclic) bond motifs is 1. The number of aromatic nitrogens is 3. The molecule has 0 spiro atoms. The number of hydrogen-bond donors (Lipinski definition) is 2.